The Morgan fingerprint density at radius 1 is 1.25 bits per heavy atom. The summed E-state index contributed by atoms with van der Waals surface area (Å²) in [5, 5.41) is 0. The van der Waals surface area contributed by atoms with Gasteiger partial charge in [0, 0.05) is 12.0 Å². The lowest BCUT2D eigenvalue weighted by molar-refractivity contribution is 0.136. The SMILES string of the molecule is CCC[N+]1(C)c2ccccc2CCC1(C)C. The molecule has 16 heavy (non-hydrogen) atoms. The van der Waals surface area contributed by atoms with Gasteiger partial charge < -0.3 is 0 Å². The van der Waals surface area contributed by atoms with Gasteiger partial charge in [-0.1, -0.05) is 25.1 Å². The molecule has 0 N–H and O–H groups in total. The summed E-state index contributed by atoms with van der Waals surface area (Å²) < 4.78 is 1.10. The van der Waals surface area contributed by atoms with Crippen molar-refractivity contribution in [2.24, 2.45) is 0 Å². The second kappa shape index (κ2) is 3.89. The van der Waals surface area contributed by atoms with Gasteiger partial charge in [-0.05, 0) is 32.8 Å². The molecule has 0 fully saturated rings. The molecule has 1 aromatic rings. The molecule has 88 valence electrons. The summed E-state index contributed by atoms with van der Waals surface area (Å²) >= 11 is 0. The van der Waals surface area contributed by atoms with Crippen molar-refractivity contribution < 1.29 is 0 Å². The Morgan fingerprint density at radius 2 is 1.94 bits per heavy atom. The van der Waals surface area contributed by atoms with Gasteiger partial charge in [0.1, 0.15) is 5.69 Å². The molecule has 1 aromatic carbocycles. The Hall–Kier alpha value is -0.820. The van der Waals surface area contributed by atoms with Gasteiger partial charge in [-0.2, -0.15) is 0 Å². The molecule has 0 saturated carbocycles. The molecule has 1 nitrogen and oxygen atoms in total. The number of aryl methyl sites for hydroxylation is 1. The lowest BCUT2D eigenvalue weighted by Gasteiger charge is -2.50. The second-order valence-corrected chi connectivity index (χ2v) is 5.86. The standard InChI is InChI=1S/C15H24N/c1-5-12-16(4)14-9-7-6-8-13(14)10-11-15(16,2)3/h6-9H,5,10-12H2,1-4H3/q+1. The first-order chi connectivity index (χ1) is 7.51. The number of fused-ring (bicyclic) bond motifs is 1. The van der Waals surface area contributed by atoms with Crippen molar-refractivity contribution in [1.29, 1.82) is 0 Å². The Morgan fingerprint density at radius 3 is 2.62 bits per heavy atom. The van der Waals surface area contributed by atoms with Crippen LogP contribution in [0, 0.1) is 0 Å². The number of nitrogens with zero attached hydrogens (tertiary/aromatic N) is 1. The fourth-order valence-electron chi connectivity index (χ4n) is 3.09. The lowest BCUT2D eigenvalue weighted by Crippen LogP contribution is -2.62. The summed E-state index contributed by atoms with van der Waals surface area (Å²) in [4.78, 5) is 0. The number of para-hydroxylation sites is 1. The zero-order valence-corrected chi connectivity index (χ0v) is 11.1. The highest BCUT2D eigenvalue weighted by Gasteiger charge is 2.45. The third-order valence-electron chi connectivity index (χ3n) is 4.54. The number of benzene rings is 1. The van der Waals surface area contributed by atoms with Crippen molar-refractivity contribution in [3.63, 3.8) is 0 Å². The first-order valence-corrected chi connectivity index (χ1v) is 6.45. The molecule has 0 amide bonds. The van der Waals surface area contributed by atoms with E-state index in [0.717, 1.165) is 4.48 Å². The van der Waals surface area contributed by atoms with Crippen molar-refractivity contribution in [3.05, 3.63) is 29.8 Å². The molecule has 1 heterocycles. The topological polar surface area (TPSA) is 0 Å². The molecule has 1 aliphatic rings. The quantitative estimate of drug-likeness (QED) is 0.663. The molecule has 0 saturated heterocycles. The van der Waals surface area contributed by atoms with E-state index in [1.165, 1.54) is 25.8 Å². The number of hydrogen-bond donors (Lipinski definition) is 0. The van der Waals surface area contributed by atoms with Crippen LogP contribution in [-0.4, -0.2) is 19.1 Å². The van der Waals surface area contributed by atoms with Crippen LogP contribution < -0.4 is 4.48 Å². The second-order valence-electron chi connectivity index (χ2n) is 5.86. The van der Waals surface area contributed by atoms with Crippen LogP contribution in [0.3, 0.4) is 0 Å². The van der Waals surface area contributed by atoms with E-state index < -0.39 is 0 Å². The fourth-order valence-corrected chi connectivity index (χ4v) is 3.09. The third kappa shape index (κ3) is 1.58. The molecule has 0 spiro atoms. The van der Waals surface area contributed by atoms with Crippen LogP contribution in [0.2, 0.25) is 0 Å². The highest BCUT2D eigenvalue weighted by Crippen LogP contribution is 2.41. The summed E-state index contributed by atoms with van der Waals surface area (Å²) in [6, 6.07) is 8.99. The molecule has 0 aromatic heterocycles. The largest absolute Gasteiger partial charge is 0.289 e. The minimum atomic E-state index is 0.365. The summed E-state index contributed by atoms with van der Waals surface area (Å²) in [5.74, 6) is 0. The van der Waals surface area contributed by atoms with Crippen molar-refractivity contribution in [2.75, 3.05) is 13.6 Å². The van der Waals surface area contributed by atoms with Crippen LogP contribution in [0.5, 0.6) is 0 Å². The summed E-state index contributed by atoms with van der Waals surface area (Å²) in [5.41, 5.74) is 3.46. The normalized spacial score (nSPS) is 27.5. The van der Waals surface area contributed by atoms with Crippen LogP contribution in [0.1, 0.15) is 39.2 Å². The maximum atomic E-state index is 2.42. The van der Waals surface area contributed by atoms with Gasteiger partial charge in [-0.3, -0.25) is 4.48 Å². The van der Waals surface area contributed by atoms with Crippen LogP contribution in [0.15, 0.2) is 24.3 Å². The molecule has 1 unspecified atom stereocenters. The van der Waals surface area contributed by atoms with Gasteiger partial charge in [0.15, 0.2) is 0 Å². The van der Waals surface area contributed by atoms with E-state index in [0.29, 0.717) is 5.54 Å². The average Bonchev–Trinajstić information content (AvgIpc) is 2.25. The van der Waals surface area contributed by atoms with Crippen molar-refractivity contribution in [2.45, 2.75) is 45.6 Å². The van der Waals surface area contributed by atoms with Crippen molar-refractivity contribution in [1.82, 2.24) is 4.48 Å². The van der Waals surface area contributed by atoms with Gasteiger partial charge in [-0.25, -0.2) is 0 Å². The van der Waals surface area contributed by atoms with E-state index in [1.54, 1.807) is 11.3 Å². The minimum absolute atomic E-state index is 0.365. The fraction of sp³-hybridized carbons (Fsp3) is 0.600. The molecule has 0 aliphatic carbocycles. The molecule has 0 bridgehead atoms. The molecular formula is C15H24N+. The first kappa shape index (κ1) is 11.7. The summed E-state index contributed by atoms with van der Waals surface area (Å²) in [7, 11) is 2.40. The Balaban J connectivity index is 2.53. The van der Waals surface area contributed by atoms with Gasteiger partial charge in [-0.15, -0.1) is 0 Å². The minimum Gasteiger partial charge on any atom is -0.289 e. The van der Waals surface area contributed by atoms with Crippen LogP contribution in [-0.2, 0) is 6.42 Å². The zero-order chi connectivity index (χ0) is 11.8. The predicted octanol–water partition coefficient (Wildman–Crippen LogP) is 3.76. The third-order valence-corrected chi connectivity index (χ3v) is 4.54. The Labute approximate surface area is 99.7 Å². The molecule has 1 atom stereocenters. The lowest BCUT2D eigenvalue weighted by atomic mass is 9.84. The maximum absolute atomic E-state index is 2.42. The van der Waals surface area contributed by atoms with E-state index in [-0.39, 0.29) is 0 Å². The average molecular weight is 218 g/mol. The van der Waals surface area contributed by atoms with E-state index in [4.69, 9.17) is 0 Å². The smallest absolute Gasteiger partial charge is 0.136 e. The number of rotatable bonds is 2. The van der Waals surface area contributed by atoms with Crippen molar-refractivity contribution in [3.8, 4) is 0 Å². The molecule has 0 radical (unpaired) electrons. The maximum Gasteiger partial charge on any atom is 0.136 e. The highest BCUT2D eigenvalue weighted by atomic mass is 15.4. The van der Waals surface area contributed by atoms with Gasteiger partial charge in [0.05, 0.1) is 19.1 Å². The van der Waals surface area contributed by atoms with Gasteiger partial charge in [0.25, 0.3) is 0 Å². The predicted molar refractivity (Wildman–Crippen MR) is 71.7 cm³/mol. The zero-order valence-electron chi connectivity index (χ0n) is 11.1. The Bertz CT molecular complexity index is 381. The van der Waals surface area contributed by atoms with E-state index in [9.17, 15) is 0 Å². The van der Waals surface area contributed by atoms with Crippen LogP contribution in [0.25, 0.3) is 0 Å². The van der Waals surface area contributed by atoms with Crippen molar-refractivity contribution >= 4 is 5.69 Å². The van der Waals surface area contributed by atoms with Gasteiger partial charge in [0.2, 0.25) is 0 Å². The monoisotopic (exact) mass is 218 g/mol. The first-order valence-electron chi connectivity index (χ1n) is 6.45. The van der Waals surface area contributed by atoms with Crippen LogP contribution in [0.4, 0.5) is 5.69 Å². The summed E-state index contributed by atoms with van der Waals surface area (Å²) in [6.07, 6.45) is 3.77. The molecule has 1 aliphatic heterocycles. The van der Waals surface area contributed by atoms with E-state index in [1.807, 2.05) is 0 Å². The summed E-state index contributed by atoms with van der Waals surface area (Å²) in [6.45, 7) is 8.36. The Kier molecular flexibility index (Phi) is 2.83. The van der Waals surface area contributed by atoms with E-state index in [2.05, 4.69) is 52.1 Å². The number of quaternary nitrogens is 1. The molecule has 2 rings (SSSR count). The van der Waals surface area contributed by atoms with E-state index >= 15 is 0 Å². The molecular weight excluding hydrogens is 194 g/mol. The highest BCUT2D eigenvalue weighted by molar-refractivity contribution is 5.53. The van der Waals surface area contributed by atoms with Gasteiger partial charge >= 0.3 is 0 Å². The van der Waals surface area contributed by atoms with Crippen LogP contribution >= 0.6 is 0 Å². The molecule has 1 heteroatoms. The number of hydrogen-bond acceptors (Lipinski definition) is 0.